The van der Waals surface area contributed by atoms with Crippen LogP contribution < -0.4 is 0 Å². The maximum atomic E-state index is 5.67. The highest BCUT2D eigenvalue weighted by molar-refractivity contribution is 5.09. The monoisotopic (exact) mass is 138 g/mol. The molecular formula is C9H14O. The van der Waals surface area contributed by atoms with Crippen molar-refractivity contribution in [3.8, 4) is 0 Å². The van der Waals surface area contributed by atoms with Crippen molar-refractivity contribution in [1.82, 2.24) is 0 Å². The first-order valence-corrected chi connectivity index (χ1v) is 4.55. The second-order valence-electron chi connectivity index (χ2n) is 4.11. The van der Waals surface area contributed by atoms with Crippen molar-refractivity contribution in [3.63, 3.8) is 0 Å². The zero-order valence-electron chi connectivity index (χ0n) is 6.42. The summed E-state index contributed by atoms with van der Waals surface area (Å²) >= 11 is 0. The molecule has 10 heavy (non-hydrogen) atoms. The Balaban J connectivity index is 1.82. The molecule has 2 saturated heterocycles. The number of hydrogen-bond acceptors (Lipinski definition) is 1. The van der Waals surface area contributed by atoms with E-state index in [1.165, 1.54) is 19.3 Å². The summed E-state index contributed by atoms with van der Waals surface area (Å²) in [6.45, 7) is 2.32. The van der Waals surface area contributed by atoms with Gasteiger partial charge in [0.1, 0.15) is 0 Å². The van der Waals surface area contributed by atoms with Crippen LogP contribution in [0.2, 0.25) is 0 Å². The highest BCUT2D eigenvalue weighted by atomic mass is 16.5. The third-order valence-electron chi connectivity index (χ3n) is 3.86. The van der Waals surface area contributed by atoms with Crippen LogP contribution >= 0.6 is 0 Å². The van der Waals surface area contributed by atoms with Gasteiger partial charge in [-0.3, -0.25) is 0 Å². The van der Waals surface area contributed by atoms with Gasteiger partial charge in [0.2, 0.25) is 0 Å². The van der Waals surface area contributed by atoms with Crippen molar-refractivity contribution in [3.05, 3.63) is 0 Å². The van der Waals surface area contributed by atoms with Crippen LogP contribution in [0.25, 0.3) is 0 Å². The Labute approximate surface area is 61.8 Å². The van der Waals surface area contributed by atoms with Crippen LogP contribution in [-0.2, 0) is 4.74 Å². The molecule has 0 aromatic rings. The number of hydrogen-bond donors (Lipinski definition) is 0. The van der Waals surface area contributed by atoms with E-state index in [0.717, 1.165) is 23.9 Å². The first-order chi connectivity index (χ1) is 4.90. The molecule has 56 valence electrons. The molecule has 1 heteroatoms. The van der Waals surface area contributed by atoms with Crippen LogP contribution in [0.5, 0.6) is 0 Å². The van der Waals surface area contributed by atoms with Gasteiger partial charge in [-0.25, -0.2) is 0 Å². The first kappa shape index (κ1) is 5.59. The second kappa shape index (κ2) is 1.58. The van der Waals surface area contributed by atoms with Crippen LogP contribution in [0.15, 0.2) is 0 Å². The van der Waals surface area contributed by atoms with Crippen molar-refractivity contribution in [1.29, 1.82) is 0 Å². The SMILES string of the molecule is CCC1CC2OC3C2C[C@@H]13. The average molecular weight is 138 g/mol. The van der Waals surface area contributed by atoms with Gasteiger partial charge in [0.05, 0.1) is 12.2 Å². The van der Waals surface area contributed by atoms with Gasteiger partial charge < -0.3 is 4.74 Å². The van der Waals surface area contributed by atoms with Gasteiger partial charge in [0.15, 0.2) is 0 Å². The number of rotatable bonds is 1. The van der Waals surface area contributed by atoms with Crippen molar-refractivity contribution in [2.45, 2.75) is 38.4 Å². The quantitative estimate of drug-likeness (QED) is 0.537. The molecule has 2 heterocycles. The third kappa shape index (κ3) is 0.430. The second-order valence-corrected chi connectivity index (χ2v) is 4.11. The molecule has 5 rings (SSSR count). The predicted molar refractivity (Wildman–Crippen MR) is 38.7 cm³/mol. The van der Waals surface area contributed by atoms with Crippen LogP contribution in [0.3, 0.4) is 0 Å². The summed E-state index contributed by atoms with van der Waals surface area (Å²) in [4.78, 5) is 0. The van der Waals surface area contributed by atoms with Gasteiger partial charge >= 0.3 is 0 Å². The minimum atomic E-state index is 0.694. The topological polar surface area (TPSA) is 9.23 Å². The van der Waals surface area contributed by atoms with Gasteiger partial charge in [0.25, 0.3) is 0 Å². The molecule has 4 bridgehead atoms. The molecule has 3 saturated carbocycles. The maximum absolute atomic E-state index is 5.67. The maximum Gasteiger partial charge on any atom is 0.0663 e. The molecule has 1 nitrogen and oxygen atoms in total. The van der Waals surface area contributed by atoms with Crippen molar-refractivity contribution < 1.29 is 4.74 Å². The Morgan fingerprint density at radius 3 is 2.50 bits per heavy atom. The molecule has 2 aliphatic heterocycles. The summed E-state index contributed by atoms with van der Waals surface area (Å²) in [5, 5.41) is 0. The van der Waals surface area contributed by atoms with Gasteiger partial charge in [-0.1, -0.05) is 13.3 Å². The summed E-state index contributed by atoms with van der Waals surface area (Å²) in [6, 6.07) is 0. The van der Waals surface area contributed by atoms with Crippen LogP contribution in [0.1, 0.15) is 26.2 Å². The van der Waals surface area contributed by atoms with Crippen molar-refractivity contribution >= 4 is 0 Å². The molecule has 0 aromatic heterocycles. The summed E-state index contributed by atoms with van der Waals surface area (Å²) in [5.74, 6) is 3.00. The molecule has 0 radical (unpaired) electrons. The fourth-order valence-corrected chi connectivity index (χ4v) is 3.12. The Kier molecular flexibility index (Phi) is 0.883. The van der Waals surface area contributed by atoms with E-state index in [1.54, 1.807) is 0 Å². The molecule has 0 N–H and O–H groups in total. The molecule has 5 atom stereocenters. The van der Waals surface area contributed by atoms with E-state index < -0.39 is 0 Å². The van der Waals surface area contributed by atoms with Crippen LogP contribution in [0, 0.1) is 17.8 Å². The molecule has 0 spiro atoms. The smallest absolute Gasteiger partial charge is 0.0663 e. The predicted octanol–water partition coefficient (Wildman–Crippen LogP) is 1.82. The van der Waals surface area contributed by atoms with Gasteiger partial charge in [-0.05, 0) is 24.7 Å². The van der Waals surface area contributed by atoms with Gasteiger partial charge in [-0.15, -0.1) is 0 Å². The standard InChI is InChI=1S/C9H14O/c1-2-5-3-8-7-4-6(5)9(7)10-8/h5-9H,2-4H2,1H3/t5?,6-,7?,8?,9?/m0/s1. The van der Waals surface area contributed by atoms with Crippen LogP contribution in [0.4, 0.5) is 0 Å². The molecule has 5 fully saturated rings. The highest BCUT2D eigenvalue weighted by Crippen LogP contribution is 2.60. The lowest BCUT2D eigenvalue weighted by molar-refractivity contribution is -0.321. The summed E-state index contributed by atoms with van der Waals surface area (Å²) in [7, 11) is 0. The molecular weight excluding hydrogens is 124 g/mol. The van der Waals surface area contributed by atoms with Gasteiger partial charge in [0, 0.05) is 5.92 Å². The lowest BCUT2D eigenvalue weighted by Gasteiger charge is -2.65. The van der Waals surface area contributed by atoms with E-state index in [2.05, 4.69) is 6.92 Å². The van der Waals surface area contributed by atoms with Gasteiger partial charge in [-0.2, -0.15) is 0 Å². The minimum absolute atomic E-state index is 0.694. The lowest BCUT2D eigenvalue weighted by atomic mass is 9.52. The molecule has 5 aliphatic rings. The highest BCUT2D eigenvalue weighted by Gasteiger charge is 2.61. The molecule has 0 aromatic carbocycles. The molecule has 3 aliphatic carbocycles. The van der Waals surface area contributed by atoms with E-state index in [9.17, 15) is 0 Å². The van der Waals surface area contributed by atoms with Crippen LogP contribution in [-0.4, -0.2) is 12.2 Å². The van der Waals surface area contributed by atoms with Crippen molar-refractivity contribution in [2.75, 3.05) is 0 Å². The van der Waals surface area contributed by atoms with E-state index in [-0.39, 0.29) is 0 Å². The zero-order chi connectivity index (χ0) is 6.72. The average Bonchev–Trinajstić information content (AvgIpc) is 1.99. The zero-order valence-corrected chi connectivity index (χ0v) is 6.42. The van der Waals surface area contributed by atoms with E-state index in [0.29, 0.717) is 6.10 Å². The Hall–Kier alpha value is -0.0400. The lowest BCUT2D eigenvalue weighted by Crippen LogP contribution is -2.68. The normalized spacial score (nSPS) is 62.7. The van der Waals surface area contributed by atoms with E-state index >= 15 is 0 Å². The molecule has 0 amide bonds. The Bertz CT molecular complexity index is 162. The van der Waals surface area contributed by atoms with E-state index in [4.69, 9.17) is 4.74 Å². The summed E-state index contributed by atoms with van der Waals surface area (Å²) in [5.41, 5.74) is 0. The summed E-state index contributed by atoms with van der Waals surface area (Å²) in [6.07, 6.45) is 5.67. The third-order valence-corrected chi connectivity index (χ3v) is 3.86. The number of ether oxygens (including phenoxy) is 1. The Morgan fingerprint density at radius 2 is 2.20 bits per heavy atom. The van der Waals surface area contributed by atoms with Crippen molar-refractivity contribution in [2.24, 2.45) is 17.8 Å². The molecule has 4 unspecified atom stereocenters. The fourth-order valence-electron chi connectivity index (χ4n) is 3.12. The Morgan fingerprint density at radius 1 is 1.30 bits per heavy atom. The summed E-state index contributed by atoms with van der Waals surface area (Å²) < 4.78 is 5.67. The largest absolute Gasteiger partial charge is 0.374 e. The first-order valence-electron chi connectivity index (χ1n) is 4.55. The minimum Gasteiger partial charge on any atom is -0.374 e. The fraction of sp³-hybridized carbons (Fsp3) is 1.00. The van der Waals surface area contributed by atoms with E-state index in [1.807, 2.05) is 0 Å².